The highest BCUT2D eigenvalue weighted by Crippen LogP contribution is 2.18. The number of nitrogens with two attached hydrogens (primary N) is 1. The van der Waals surface area contributed by atoms with Gasteiger partial charge in [0.25, 0.3) is 0 Å². The Kier molecular flexibility index (Phi) is 6.96. The Morgan fingerprint density at radius 1 is 1.39 bits per heavy atom. The monoisotopic (exact) mass is 270 g/mol. The summed E-state index contributed by atoms with van der Waals surface area (Å²) in [4.78, 5) is 14.1. The molecule has 2 atom stereocenters. The Morgan fingerprint density at radius 2 is 2.00 bits per heavy atom. The largest absolute Gasteiger partial charge is 0.327 e. The minimum Gasteiger partial charge on any atom is -0.327 e. The molecule has 1 aromatic rings. The Labute approximate surface area is 116 Å². The third-order valence-corrected chi connectivity index (χ3v) is 3.07. The molecule has 0 fully saturated rings. The molecule has 0 saturated heterocycles. The summed E-state index contributed by atoms with van der Waals surface area (Å²) in [6, 6.07) is 7.85. The van der Waals surface area contributed by atoms with Gasteiger partial charge in [-0.3, -0.25) is 4.79 Å². The quantitative estimate of drug-likeness (QED) is 0.914. The van der Waals surface area contributed by atoms with Crippen molar-refractivity contribution in [2.45, 2.75) is 33.7 Å². The van der Waals surface area contributed by atoms with E-state index in [9.17, 15) is 4.79 Å². The number of nitrogens with zero attached hydrogens (tertiary/aromatic N) is 1. The van der Waals surface area contributed by atoms with Gasteiger partial charge in [0.05, 0.1) is 5.92 Å². The molecule has 3 nitrogen and oxygen atoms in total. The van der Waals surface area contributed by atoms with Crippen molar-refractivity contribution in [2.24, 2.45) is 11.7 Å². The average molecular weight is 271 g/mol. The molecule has 0 aliphatic carbocycles. The average Bonchev–Trinajstić information content (AvgIpc) is 2.28. The summed E-state index contributed by atoms with van der Waals surface area (Å²) >= 11 is 0. The lowest BCUT2D eigenvalue weighted by Gasteiger charge is -2.26. The maximum atomic E-state index is 12.3. The predicted molar refractivity (Wildman–Crippen MR) is 79.3 cm³/mol. The normalized spacial score (nSPS) is 13.4. The van der Waals surface area contributed by atoms with E-state index in [0.717, 1.165) is 11.3 Å². The van der Waals surface area contributed by atoms with Crippen LogP contribution in [0.1, 0.15) is 26.3 Å². The number of halogens is 1. The Hall–Kier alpha value is -1.06. The van der Waals surface area contributed by atoms with Gasteiger partial charge in [-0.1, -0.05) is 19.1 Å². The van der Waals surface area contributed by atoms with Gasteiger partial charge in [-0.15, -0.1) is 12.4 Å². The summed E-state index contributed by atoms with van der Waals surface area (Å²) in [5.41, 5.74) is 7.89. The molecule has 1 rings (SSSR count). The first-order valence-corrected chi connectivity index (χ1v) is 6.11. The molecule has 0 radical (unpaired) electrons. The fourth-order valence-corrected chi connectivity index (χ4v) is 1.73. The second-order valence-corrected chi connectivity index (χ2v) is 4.57. The van der Waals surface area contributed by atoms with Gasteiger partial charge in [-0.25, -0.2) is 0 Å². The molecule has 0 aromatic heterocycles. The van der Waals surface area contributed by atoms with Crippen LogP contribution < -0.4 is 10.6 Å². The van der Waals surface area contributed by atoms with Gasteiger partial charge in [0.15, 0.2) is 0 Å². The van der Waals surface area contributed by atoms with Gasteiger partial charge in [0, 0.05) is 18.3 Å². The first-order chi connectivity index (χ1) is 7.97. The van der Waals surface area contributed by atoms with E-state index in [2.05, 4.69) is 0 Å². The number of hydrogen-bond donors (Lipinski definition) is 1. The summed E-state index contributed by atoms with van der Waals surface area (Å²) < 4.78 is 0. The fraction of sp³-hybridized carbons (Fsp3) is 0.500. The molecule has 0 saturated carbocycles. The van der Waals surface area contributed by atoms with Gasteiger partial charge in [-0.2, -0.15) is 0 Å². The number of benzene rings is 1. The number of hydrogen-bond acceptors (Lipinski definition) is 2. The van der Waals surface area contributed by atoms with Crippen molar-refractivity contribution < 1.29 is 4.79 Å². The van der Waals surface area contributed by atoms with E-state index >= 15 is 0 Å². The van der Waals surface area contributed by atoms with Crippen LogP contribution in [0.25, 0.3) is 0 Å². The second kappa shape index (κ2) is 7.39. The van der Waals surface area contributed by atoms with E-state index in [-0.39, 0.29) is 30.3 Å². The predicted octanol–water partition coefficient (Wildman–Crippen LogP) is 2.75. The van der Waals surface area contributed by atoms with Gasteiger partial charge < -0.3 is 10.6 Å². The van der Waals surface area contributed by atoms with Crippen LogP contribution in [0.2, 0.25) is 0 Å². The highest BCUT2D eigenvalue weighted by atomic mass is 35.5. The fourth-order valence-electron chi connectivity index (χ4n) is 1.73. The van der Waals surface area contributed by atoms with Crippen molar-refractivity contribution in [1.29, 1.82) is 0 Å². The first kappa shape index (κ1) is 16.9. The zero-order valence-corrected chi connectivity index (χ0v) is 12.3. The van der Waals surface area contributed by atoms with Crippen LogP contribution in [0.5, 0.6) is 0 Å². The van der Waals surface area contributed by atoms with E-state index < -0.39 is 0 Å². The van der Waals surface area contributed by atoms with Crippen LogP contribution in [0, 0.1) is 12.8 Å². The van der Waals surface area contributed by atoms with Crippen LogP contribution in [0.3, 0.4) is 0 Å². The molecule has 2 unspecified atom stereocenters. The van der Waals surface area contributed by atoms with Crippen LogP contribution >= 0.6 is 12.4 Å². The van der Waals surface area contributed by atoms with E-state index in [1.54, 1.807) is 4.90 Å². The second-order valence-electron chi connectivity index (χ2n) is 4.57. The van der Waals surface area contributed by atoms with Gasteiger partial charge in [0.2, 0.25) is 5.91 Å². The smallest absolute Gasteiger partial charge is 0.231 e. The summed E-state index contributed by atoms with van der Waals surface area (Å²) in [6.07, 6.45) is 0. The van der Waals surface area contributed by atoms with E-state index in [4.69, 9.17) is 5.73 Å². The van der Waals surface area contributed by atoms with Crippen molar-refractivity contribution in [3.05, 3.63) is 29.8 Å². The minimum atomic E-state index is -0.157. The third kappa shape index (κ3) is 4.00. The molecule has 0 aliphatic rings. The Balaban J connectivity index is 0.00000289. The summed E-state index contributed by atoms with van der Waals surface area (Å²) in [5, 5.41) is 0. The molecule has 0 bridgehead atoms. The molecule has 1 amide bonds. The van der Waals surface area contributed by atoms with Crippen molar-refractivity contribution in [1.82, 2.24) is 0 Å². The van der Waals surface area contributed by atoms with Crippen molar-refractivity contribution in [3.8, 4) is 0 Å². The molecule has 0 aliphatic heterocycles. The number of aryl methyl sites for hydroxylation is 1. The number of carbonyl (C=O) groups is 1. The standard InChI is InChI=1S/C14H22N2O.ClH/c1-5-16(14(17)11(3)12(4)15)13-8-6-7-10(2)9-13;/h6-9,11-12H,5,15H2,1-4H3;1H. The molecular formula is C14H23ClN2O. The number of rotatable bonds is 4. The number of carbonyl (C=O) groups excluding carboxylic acids is 1. The number of anilines is 1. The zero-order valence-electron chi connectivity index (χ0n) is 11.5. The maximum Gasteiger partial charge on any atom is 0.231 e. The lowest BCUT2D eigenvalue weighted by molar-refractivity contribution is -0.122. The molecular weight excluding hydrogens is 248 g/mol. The SMILES string of the molecule is CCN(C(=O)C(C)C(C)N)c1cccc(C)c1.Cl. The van der Waals surface area contributed by atoms with Crippen molar-refractivity contribution >= 4 is 24.0 Å². The van der Waals surface area contributed by atoms with Crippen LogP contribution in [-0.4, -0.2) is 18.5 Å². The minimum absolute atomic E-state index is 0. The Bertz CT molecular complexity index is 393. The van der Waals surface area contributed by atoms with Crippen LogP contribution in [-0.2, 0) is 4.79 Å². The van der Waals surface area contributed by atoms with E-state index in [1.165, 1.54) is 0 Å². The summed E-state index contributed by atoms with van der Waals surface area (Å²) in [6.45, 7) is 8.42. The molecule has 4 heteroatoms. The van der Waals surface area contributed by atoms with E-state index in [0.29, 0.717) is 6.54 Å². The first-order valence-electron chi connectivity index (χ1n) is 6.11. The number of amides is 1. The summed E-state index contributed by atoms with van der Waals surface area (Å²) in [7, 11) is 0. The molecule has 1 aromatic carbocycles. The van der Waals surface area contributed by atoms with Crippen LogP contribution in [0.15, 0.2) is 24.3 Å². The van der Waals surface area contributed by atoms with Crippen molar-refractivity contribution in [3.63, 3.8) is 0 Å². The van der Waals surface area contributed by atoms with Crippen LogP contribution in [0.4, 0.5) is 5.69 Å². The maximum absolute atomic E-state index is 12.3. The molecule has 0 spiro atoms. The van der Waals surface area contributed by atoms with Gasteiger partial charge in [-0.05, 0) is 38.5 Å². The molecule has 102 valence electrons. The molecule has 2 N–H and O–H groups in total. The molecule has 0 heterocycles. The third-order valence-electron chi connectivity index (χ3n) is 3.07. The molecule has 18 heavy (non-hydrogen) atoms. The lowest BCUT2D eigenvalue weighted by atomic mass is 10.0. The van der Waals surface area contributed by atoms with Crippen molar-refractivity contribution in [2.75, 3.05) is 11.4 Å². The lowest BCUT2D eigenvalue weighted by Crippen LogP contribution is -2.41. The van der Waals surface area contributed by atoms with Gasteiger partial charge in [0.1, 0.15) is 0 Å². The van der Waals surface area contributed by atoms with Gasteiger partial charge >= 0.3 is 0 Å². The zero-order chi connectivity index (χ0) is 13.0. The summed E-state index contributed by atoms with van der Waals surface area (Å²) in [5.74, 6) is -0.0661. The topological polar surface area (TPSA) is 46.3 Å². The highest BCUT2D eigenvalue weighted by molar-refractivity contribution is 5.95. The van der Waals surface area contributed by atoms with E-state index in [1.807, 2.05) is 52.0 Å². The highest BCUT2D eigenvalue weighted by Gasteiger charge is 2.23. The Morgan fingerprint density at radius 3 is 2.44 bits per heavy atom.